The number of ketones is 1. The zero-order chi connectivity index (χ0) is 14.6. The van der Waals surface area contributed by atoms with Crippen LogP contribution in [-0.2, 0) is 9.59 Å². The Balaban J connectivity index is 1.97. The molecule has 1 heterocycles. The number of imide groups is 1. The lowest BCUT2D eigenvalue weighted by Gasteiger charge is -2.17. The van der Waals surface area contributed by atoms with E-state index in [1.807, 2.05) is 18.2 Å². The monoisotopic (exact) mass is 275 g/mol. The van der Waals surface area contributed by atoms with Crippen molar-refractivity contribution < 1.29 is 14.4 Å². The average Bonchev–Trinajstić information content (AvgIpc) is 2.99. The minimum absolute atomic E-state index is 0.149. The van der Waals surface area contributed by atoms with Crippen LogP contribution in [0.3, 0.4) is 0 Å². The third-order valence-electron chi connectivity index (χ3n) is 3.78. The molecule has 2 aliphatic rings. The van der Waals surface area contributed by atoms with Crippen LogP contribution in [0.1, 0.15) is 15.9 Å². The van der Waals surface area contributed by atoms with Crippen molar-refractivity contribution in [2.75, 3.05) is 4.90 Å². The number of hydrogen-bond donors (Lipinski definition) is 0. The van der Waals surface area contributed by atoms with E-state index in [2.05, 4.69) is 0 Å². The minimum atomic E-state index is -0.419. The van der Waals surface area contributed by atoms with Gasteiger partial charge >= 0.3 is 0 Å². The molecule has 2 aromatic carbocycles. The maximum absolute atomic E-state index is 12.6. The average molecular weight is 275 g/mol. The standard InChI is InChI=1S/C17H9NO3/c19-14-8-9-15(20)18(14)13-7-3-6-11-10-4-1-2-5-12(10)17(21)16(11)13/h1-9H. The SMILES string of the molecule is O=C1c2ccccc2-c2cccc(N3C(=O)C=CC3=O)c21. The van der Waals surface area contributed by atoms with Crippen molar-refractivity contribution in [2.24, 2.45) is 0 Å². The van der Waals surface area contributed by atoms with Gasteiger partial charge in [-0.05, 0) is 17.2 Å². The molecule has 2 aromatic rings. The number of anilines is 1. The van der Waals surface area contributed by atoms with Gasteiger partial charge in [0, 0.05) is 17.7 Å². The highest BCUT2D eigenvalue weighted by molar-refractivity contribution is 6.32. The topological polar surface area (TPSA) is 54.5 Å². The van der Waals surface area contributed by atoms with Crippen molar-refractivity contribution in [3.05, 3.63) is 65.7 Å². The van der Waals surface area contributed by atoms with Gasteiger partial charge in [0.15, 0.2) is 5.78 Å². The Kier molecular flexibility index (Phi) is 2.24. The quantitative estimate of drug-likeness (QED) is 0.640. The van der Waals surface area contributed by atoms with Crippen molar-refractivity contribution >= 4 is 23.3 Å². The fraction of sp³-hybridized carbons (Fsp3) is 0. The lowest BCUT2D eigenvalue weighted by molar-refractivity contribution is -0.119. The summed E-state index contributed by atoms with van der Waals surface area (Å²) in [5.41, 5.74) is 2.98. The molecule has 0 unspecified atom stereocenters. The molecule has 4 nitrogen and oxygen atoms in total. The van der Waals surface area contributed by atoms with Crippen molar-refractivity contribution in [3.63, 3.8) is 0 Å². The maximum Gasteiger partial charge on any atom is 0.258 e. The normalized spacial score (nSPS) is 15.6. The second-order valence-electron chi connectivity index (χ2n) is 4.92. The largest absolute Gasteiger partial charge is 0.288 e. The van der Waals surface area contributed by atoms with E-state index >= 15 is 0 Å². The molecule has 0 fully saturated rings. The minimum Gasteiger partial charge on any atom is -0.288 e. The van der Waals surface area contributed by atoms with Crippen LogP contribution in [0, 0.1) is 0 Å². The third-order valence-corrected chi connectivity index (χ3v) is 3.78. The Morgan fingerprint density at radius 3 is 2.00 bits per heavy atom. The van der Waals surface area contributed by atoms with Gasteiger partial charge in [-0.3, -0.25) is 14.4 Å². The molecule has 2 amide bonds. The summed E-state index contributed by atoms with van der Waals surface area (Å²) in [7, 11) is 0. The number of rotatable bonds is 1. The van der Waals surface area contributed by atoms with Gasteiger partial charge in [0.1, 0.15) is 0 Å². The maximum atomic E-state index is 12.6. The summed E-state index contributed by atoms with van der Waals surface area (Å²) in [5.74, 6) is -0.988. The number of amides is 2. The van der Waals surface area contributed by atoms with Crippen LogP contribution in [0.4, 0.5) is 5.69 Å². The first kappa shape index (κ1) is 11.8. The molecule has 0 radical (unpaired) electrons. The molecule has 1 aliphatic heterocycles. The summed E-state index contributed by atoms with van der Waals surface area (Å²) in [5, 5.41) is 0. The summed E-state index contributed by atoms with van der Waals surface area (Å²) in [6.07, 6.45) is 2.43. The van der Waals surface area contributed by atoms with E-state index in [4.69, 9.17) is 0 Å². The highest BCUT2D eigenvalue weighted by Gasteiger charge is 2.34. The molecular weight excluding hydrogens is 266 g/mol. The fourth-order valence-electron chi connectivity index (χ4n) is 2.88. The Morgan fingerprint density at radius 2 is 1.29 bits per heavy atom. The summed E-state index contributed by atoms with van der Waals surface area (Å²) in [6.45, 7) is 0. The Bertz CT molecular complexity index is 846. The van der Waals surface area contributed by atoms with Gasteiger partial charge < -0.3 is 0 Å². The number of carbonyl (C=O) groups excluding carboxylic acids is 3. The van der Waals surface area contributed by atoms with Crippen molar-refractivity contribution in [2.45, 2.75) is 0 Å². The smallest absolute Gasteiger partial charge is 0.258 e. The van der Waals surface area contributed by atoms with Gasteiger partial charge in [0.05, 0.1) is 11.3 Å². The van der Waals surface area contributed by atoms with E-state index in [1.165, 1.54) is 12.2 Å². The van der Waals surface area contributed by atoms with Crippen LogP contribution >= 0.6 is 0 Å². The van der Waals surface area contributed by atoms with Gasteiger partial charge in [-0.25, -0.2) is 4.90 Å². The van der Waals surface area contributed by atoms with Crippen LogP contribution in [0.2, 0.25) is 0 Å². The van der Waals surface area contributed by atoms with Gasteiger partial charge in [-0.2, -0.15) is 0 Å². The van der Waals surface area contributed by atoms with Gasteiger partial charge in [-0.15, -0.1) is 0 Å². The Labute approximate surface area is 120 Å². The van der Waals surface area contributed by atoms with Crippen molar-refractivity contribution in [3.8, 4) is 11.1 Å². The Hall–Kier alpha value is -3.01. The van der Waals surface area contributed by atoms with E-state index in [-0.39, 0.29) is 5.78 Å². The van der Waals surface area contributed by atoms with Gasteiger partial charge in [-0.1, -0.05) is 36.4 Å². The molecular formula is C17H9NO3. The van der Waals surface area contributed by atoms with Crippen LogP contribution in [0.15, 0.2) is 54.6 Å². The Morgan fingerprint density at radius 1 is 0.667 bits per heavy atom. The number of carbonyl (C=O) groups is 3. The molecule has 0 N–H and O–H groups in total. The fourth-order valence-corrected chi connectivity index (χ4v) is 2.88. The highest BCUT2D eigenvalue weighted by atomic mass is 16.2. The van der Waals surface area contributed by atoms with E-state index < -0.39 is 11.8 Å². The van der Waals surface area contributed by atoms with Gasteiger partial charge in [0.2, 0.25) is 0 Å². The van der Waals surface area contributed by atoms with Crippen LogP contribution in [-0.4, -0.2) is 17.6 Å². The van der Waals surface area contributed by atoms with E-state index in [1.54, 1.807) is 24.3 Å². The molecule has 100 valence electrons. The van der Waals surface area contributed by atoms with Crippen molar-refractivity contribution in [1.29, 1.82) is 0 Å². The van der Waals surface area contributed by atoms with E-state index in [0.29, 0.717) is 16.8 Å². The number of fused-ring (bicyclic) bond motifs is 3. The van der Waals surface area contributed by atoms with Crippen LogP contribution in [0.25, 0.3) is 11.1 Å². The zero-order valence-corrected chi connectivity index (χ0v) is 10.9. The molecule has 0 saturated carbocycles. The lowest BCUT2D eigenvalue weighted by Crippen LogP contribution is -2.30. The first-order valence-electron chi connectivity index (χ1n) is 6.52. The molecule has 1 aliphatic carbocycles. The highest BCUT2D eigenvalue weighted by Crippen LogP contribution is 2.41. The van der Waals surface area contributed by atoms with Gasteiger partial charge in [0.25, 0.3) is 11.8 Å². The van der Waals surface area contributed by atoms with Crippen LogP contribution in [0.5, 0.6) is 0 Å². The van der Waals surface area contributed by atoms with Crippen molar-refractivity contribution in [1.82, 2.24) is 0 Å². The molecule has 0 aromatic heterocycles. The first-order chi connectivity index (χ1) is 10.2. The molecule has 0 atom stereocenters. The predicted molar refractivity (Wildman–Crippen MR) is 76.9 cm³/mol. The second-order valence-corrected chi connectivity index (χ2v) is 4.92. The first-order valence-corrected chi connectivity index (χ1v) is 6.52. The second kappa shape index (κ2) is 3.99. The number of benzene rings is 2. The number of nitrogens with zero attached hydrogens (tertiary/aromatic N) is 1. The van der Waals surface area contributed by atoms with Crippen LogP contribution < -0.4 is 4.90 Å². The molecule has 4 rings (SSSR count). The molecule has 0 spiro atoms. The molecule has 21 heavy (non-hydrogen) atoms. The summed E-state index contributed by atoms with van der Waals surface area (Å²) >= 11 is 0. The van der Waals surface area contributed by atoms with E-state index in [9.17, 15) is 14.4 Å². The molecule has 0 bridgehead atoms. The lowest BCUT2D eigenvalue weighted by atomic mass is 10.0. The third kappa shape index (κ3) is 1.47. The number of hydrogen-bond acceptors (Lipinski definition) is 3. The molecule has 0 saturated heterocycles. The van der Waals surface area contributed by atoms with E-state index in [0.717, 1.165) is 16.0 Å². The predicted octanol–water partition coefficient (Wildman–Crippen LogP) is 2.33. The summed E-state index contributed by atoms with van der Waals surface area (Å²) < 4.78 is 0. The summed E-state index contributed by atoms with van der Waals surface area (Å²) in [6, 6.07) is 12.5. The molecule has 4 heteroatoms. The summed E-state index contributed by atoms with van der Waals surface area (Å²) in [4.78, 5) is 37.4. The zero-order valence-electron chi connectivity index (χ0n) is 10.9.